The van der Waals surface area contributed by atoms with Crippen molar-refractivity contribution in [1.29, 1.82) is 0 Å². The molecule has 0 aliphatic carbocycles. The van der Waals surface area contributed by atoms with Gasteiger partial charge in [-0.3, -0.25) is 9.69 Å². The van der Waals surface area contributed by atoms with Crippen LogP contribution >= 0.6 is 0 Å². The van der Waals surface area contributed by atoms with Gasteiger partial charge >= 0.3 is 0 Å². The van der Waals surface area contributed by atoms with Crippen LogP contribution in [0.3, 0.4) is 0 Å². The van der Waals surface area contributed by atoms with E-state index in [9.17, 15) is 13.6 Å². The number of rotatable bonds is 2. The fourth-order valence-corrected chi connectivity index (χ4v) is 3.84. The summed E-state index contributed by atoms with van der Waals surface area (Å²) in [6.07, 6.45) is 1.86. The lowest BCUT2D eigenvalue weighted by atomic mass is 9.95. The highest BCUT2D eigenvalue weighted by molar-refractivity contribution is 6.25. The van der Waals surface area contributed by atoms with Gasteiger partial charge in [0.05, 0.1) is 16.9 Å². The molecule has 0 saturated heterocycles. The van der Waals surface area contributed by atoms with E-state index in [0.29, 0.717) is 18.2 Å². The van der Waals surface area contributed by atoms with Gasteiger partial charge in [-0.2, -0.15) is 0 Å². The van der Waals surface area contributed by atoms with E-state index >= 15 is 0 Å². The van der Waals surface area contributed by atoms with Crippen LogP contribution in [-0.2, 0) is 4.79 Å². The van der Waals surface area contributed by atoms with Crippen LogP contribution in [-0.4, -0.2) is 17.3 Å². The number of halogens is 2. The Bertz CT molecular complexity index is 1140. The second kappa shape index (κ2) is 6.27. The SMILES string of the molecule is O=C1CCN2C(=C1c1ccccc1F)N(c1ccccc1F)c1ncccc12. The first-order valence-corrected chi connectivity index (χ1v) is 8.96. The van der Waals surface area contributed by atoms with E-state index in [0.717, 1.165) is 5.69 Å². The minimum Gasteiger partial charge on any atom is -0.323 e. The first kappa shape index (κ1) is 16.6. The molecule has 0 unspecified atom stereocenters. The largest absolute Gasteiger partial charge is 0.323 e. The van der Waals surface area contributed by atoms with Gasteiger partial charge < -0.3 is 4.90 Å². The summed E-state index contributed by atoms with van der Waals surface area (Å²) in [5.41, 5.74) is 1.48. The quantitative estimate of drug-likeness (QED) is 0.653. The summed E-state index contributed by atoms with van der Waals surface area (Å²) in [6.45, 7) is 0.426. The summed E-state index contributed by atoms with van der Waals surface area (Å²) in [5.74, 6) is -0.145. The molecule has 2 aliphatic heterocycles. The van der Waals surface area contributed by atoms with Gasteiger partial charge in [-0.05, 0) is 30.3 Å². The smallest absolute Gasteiger partial charge is 0.169 e. The fourth-order valence-electron chi connectivity index (χ4n) is 3.84. The van der Waals surface area contributed by atoms with Crippen molar-refractivity contribution in [3.63, 3.8) is 0 Å². The van der Waals surface area contributed by atoms with Crippen molar-refractivity contribution in [2.24, 2.45) is 0 Å². The molecule has 138 valence electrons. The van der Waals surface area contributed by atoms with Crippen molar-refractivity contribution in [3.8, 4) is 0 Å². The average Bonchev–Trinajstić information content (AvgIpc) is 3.03. The third-order valence-electron chi connectivity index (χ3n) is 5.04. The number of hydrogen-bond donors (Lipinski definition) is 0. The van der Waals surface area contributed by atoms with E-state index in [4.69, 9.17) is 0 Å². The molecule has 4 nitrogen and oxygen atoms in total. The summed E-state index contributed by atoms with van der Waals surface area (Å²) in [5, 5.41) is 0. The number of nitrogens with zero attached hydrogens (tertiary/aromatic N) is 3. The Morgan fingerprint density at radius 3 is 2.36 bits per heavy atom. The number of Topliss-reactive ketones (excluding diaryl/α,β-unsaturated/α-hetero) is 1. The minimum absolute atomic E-state index is 0.175. The summed E-state index contributed by atoms with van der Waals surface area (Å²) >= 11 is 0. The molecule has 28 heavy (non-hydrogen) atoms. The number of fused-ring (bicyclic) bond motifs is 3. The molecule has 0 fully saturated rings. The number of para-hydroxylation sites is 1. The third kappa shape index (κ3) is 2.34. The molecular weight excluding hydrogens is 360 g/mol. The number of hydrogen-bond acceptors (Lipinski definition) is 4. The molecule has 0 atom stereocenters. The standard InChI is InChI=1S/C22H15F2N3O/c23-15-7-2-1-6-14(15)20-19(28)11-13-26-18-10-5-12-25-21(18)27(22(20)26)17-9-4-3-8-16(17)24/h1-10,12H,11,13H2. The Balaban J connectivity index is 1.86. The van der Waals surface area contributed by atoms with E-state index < -0.39 is 11.6 Å². The number of benzene rings is 2. The lowest BCUT2D eigenvalue weighted by Gasteiger charge is -2.31. The molecule has 3 aromatic rings. The zero-order valence-electron chi connectivity index (χ0n) is 14.8. The lowest BCUT2D eigenvalue weighted by Crippen LogP contribution is -2.35. The highest BCUT2D eigenvalue weighted by Crippen LogP contribution is 2.49. The molecule has 0 saturated carbocycles. The second-order valence-electron chi connectivity index (χ2n) is 6.64. The third-order valence-corrected chi connectivity index (χ3v) is 5.04. The highest BCUT2D eigenvalue weighted by Gasteiger charge is 2.41. The van der Waals surface area contributed by atoms with Crippen molar-refractivity contribution in [2.45, 2.75) is 6.42 Å². The predicted octanol–water partition coefficient (Wildman–Crippen LogP) is 4.66. The Hall–Kier alpha value is -3.54. The molecule has 0 N–H and O–H groups in total. The van der Waals surface area contributed by atoms with Gasteiger partial charge in [0.2, 0.25) is 0 Å². The van der Waals surface area contributed by atoms with Crippen LogP contribution in [0.2, 0.25) is 0 Å². The molecular formula is C22H15F2N3O. The minimum atomic E-state index is -0.488. The molecule has 0 spiro atoms. The topological polar surface area (TPSA) is 36.4 Å². The summed E-state index contributed by atoms with van der Waals surface area (Å²) < 4.78 is 29.4. The Morgan fingerprint density at radius 1 is 0.857 bits per heavy atom. The van der Waals surface area contributed by atoms with Gasteiger partial charge in [-0.1, -0.05) is 30.3 Å². The van der Waals surface area contributed by atoms with E-state index in [1.165, 1.54) is 12.1 Å². The fraction of sp³-hybridized carbons (Fsp3) is 0.0909. The molecule has 6 heteroatoms. The molecule has 5 rings (SSSR count). The van der Waals surface area contributed by atoms with Crippen molar-refractivity contribution >= 4 is 28.5 Å². The van der Waals surface area contributed by atoms with E-state index in [2.05, 4.69) is 4.98 Å². The number of aromatic nitrogens is 1. The first-order valence-electron chi connectivity index (χ1n) is 8.96. The van der Waals surface area contributed by atoms with Crippen LogP contribution in [0.1, 0.15) is 12.0 Å². The van der Waals surface area contributed by atoms with Gasteiger partial charge in [-0.25, -0.2) is 13.8 Å². The van der Waals surface area contributed by atoms with Crippen LogP contribution in [0.5, 0.6) is 0 Å². The lowest BCUT2D eigenvalue weighted by molar-refractivity contribution is -0.113. The van der Waals surface area contributed by atoms with Gasteiger partial charge in [0.25, 0.3) is 0 Å². The Labute approximate surface area is 160 Å². The van der Waals surface area contributed by atoms with Crippen LogP contribution in [0, 0.1) is 11.6 Å². The van der Waals surface area contributed by atoms with Gasteiger partial charge in [0.1, 0.15) is 17.5 Å². The van der Waals surface area contributed by atoms with Crippen molar-refractivity contribution in [3.05, 3.63) is 89.9 Å². The molecule has 2 aromatic carbocycles. The van der Waals surface area contributed by atoms with Gasteiger partial charge in [0, 0.05) is 24.7 Å². The number of anilines is 3. The van der Waals surface area contributed by atoms with Crippen molar-refractivity contribution in [2.75, 3.05) is 16.3 Å². The monoisotopic (exact) mass is 375 g/mol. The van der Waals surface area contributed by atoms with Crippen LogP contribution in [0.15, 0.2) is 72.7 Å². The van der Waals surface area contributed by atoms with Crippen LogP contribution in [0.25, 0.3) is 5.57 Å². The maximum atomic E-state index is 14.7. The van der Waals surface area contributed by atoms with E-state index in [1.54, 1.807) is 53.6 Å². The molecule has 0 radical (unpaired) electrons. The molecule has 3 heterocycles. The maximum absolute atomic E-state index is 14.7. The van der Waals surface area contributed by atoms with Crippen LogP contribution in [0.4, 0.5) is 26.0 Å². The number of carbonyl (C=O) groups is 1. The zero-order valence-corrected chi connectivity index (χ0v) is 14.8. The molecule has 0 bridgehead atoms. The first-order chi connectivity index (χ1) is 13.7. The maximum Gasteiger partial charge on any atom is 0.169 e. The average molecular weight is 375 g/mol. The predicted molar refractivity (Wildman–Crippen MR) is 103 cm³/mol. The van der Waals surface area contributed by atoms with E-state index in [1.807, 2.05) is 11.0 Å². The second-order valence-corrected chi connectivity index (χ2v) is 6.64. The Kier molecular flexibility index (Phi) is 3.72. The number of allylic oxidation sites excluding steroid dienone is 1. The normalized spacial score (nSPS) is 15.7. The Morgan fingerprint density at radius 2 is 1.57 bits per heavy atom. The zero-order chi connectivity index (χ0) is 19.3. The number of ketones is 1. The molecule has 0 amide bonds. The van der Waals surface area contributed by atoms with Gasteiger partial charge in [-0.15, -0.1) is 0 Å². The summed E-state index contributed by atoms with van der Waals surface area (Å²) in [4.78, 5) is 20.9. The number of carbonyl (C=O) groups excluding carboxylic acids is 1. The highest BCUT2D eigenvalue weighted by atomic mass is 19.1. The van der Waals surface area contributed by atoms with Crippen LogP contribution < -0.4 is 9.80 Å². The number of pyridine rings is 1. The molecule has 2 aliphatic rings. The molecule has 1 aromatic heterocycles. The summed E-state index contributed by atoms with van der Waals surface area (Å²) in [7, 11) is 0. The van der Waals surface area contributed by atoms with Crippen molar-refractivity contribution < 1.29 is 13.6 Å². The van der Waals surface area contributed by atoms with Gasteiger partial charge in [0.15, 0.2) is 11.6 Å². The van der Waals surface area contributed by atoms with E-state index in [-0.39, 0.29) is 29.0 Å². The summed E-state index contributed by atoms with van der Waals surface area (Å²) in [6, 6.07) is 16.1. The van der Waals surface area contributed by atoms with Crippen molar-refractivity contribution in [1.82, 2.24) is 4.98 Å².